The highest BCUT2D eigenvalue weighted by Crippen LogP contribution is 2.36. The zero-order valence-corrected chi connectivity index (χ0v) is 8.06. The summed E-state index contributed by atoms with van der Waals surface area (Å²) >= 11 is 0. The SMILES string of the molecule is C=CC(=O)OC1C=CC2CC=CCC21. The van der Waals surface area contributed by atoms with Crippen molar-refractivity contribution >= 4 is 5.97 Å². The summed E-state index contributed by atoms with van der Waals surface area (Å²) in [5.41, 5.74) is 0. The number of allylic oxidation sites excluding steroid dienone is 3. The molecule has 0 bridgehead atoms. The van der Waals surface area contributed by atoms with E-state index in [1.54, 1.807) is 0 Å². The zero-order valence-electron chi connectivity index (χ0n) is 8.06. The van der Waals surface area contributed by atoms with E-state index in [-0.39, 0.29) is 12.1 Å². The van der Waals surface area contributed by atoms with Crippen molar-refractivity contribution in [3.63, 3.8) is 0 Å². The highest BCUT2D eigenvalue weighted by Gasteiger charge is 2.33. The van der Waals surface area contributed by atoms with Crippen LogP contribution in [0, 0.1) is 11.8 Å². The quantitative estimate of drug-likeness (QED) is 0.379. The summed E-state index contributed by atoms with van der Waals surface area (Å²) in [6.45, 7) is 3.39. The molecule has 3 atom stereocenters. The van der Waals surface area contributed by atoms with Crippen LogP contribution < -0.4 is 0 Å². The minimum atomic E-state index is -0.324. The van der Waals surface area contributed by atoms with Gasteiger partial charge in [0, 0.05) is 12.0 Å². The first-order valence-electron chi connectivity index (χ1n) is 4.97. The lowest BCUT2D eigenvalue weighted by Gasteiger charge is -2.25. The van der Waals surface area contributed by atoms with Crippen LogP contribution >= 0.6 is 0 Å². The van der Waals surface area contributed by atoms with E-state index in [2.05, 4.69) is 24.8 Å². The van der Waals surface area contributed by atoms with Crippen LogP contribution in [0.15, 0.2) is 37.0 Å². The van der Waals surface area contributed by atoms with Gasteiger partial charge in [-0.25, -0.2) is 4.79 Å². The van der Waals surface area contributed by atoms with Gasteiger partial charge >= 0.3 is 5.97 Å². The van der Waals surface area contributed by atoms with Crippen molar-refractivity contribution in [2.24, 2.45) is 11.8 Å². The molecule has 0 amide bonds. The van der Waals surface area contributed by atoms with Crippen molar-refractivity contribution in [2.75, 3.05) is 0 Å². The van der Waals surface area contributed by atoms with Gasteiger partial charge in [0.15, 0.2) is 0 Å². The van der Waals surface area contributed by atoms with Crippen LogP contribution in [-0.4, -0.2) is 12.1 Å². The first-order chi connectivity index (χ1) is 6.81. The topological polar surface area (TPSA) is 26.3 Å². The van der Waals surface area contributed by atoms with Gasteiger partial charge in [0.1, 0.15) is 6.10 Å². The Labute approximate surface area is 83.9 Å². The van der Waals surface area contributed by atoms with Gasteiger partial charge in [-0.2, -0.15) is 0 Å². The maximum Gasteiger partial charge on any atom is 0.330 e. The fraction of sp³-hybridized carbons (Fsp3) is 0.417. The van der Waals surface area contributed by atoms with E-state index in [0.717, 1.165) is 12.8 Å². The van der Waals surface area contributed by atoms with Crippen LogP contribution in [0.4, 0.5) is 0 Å². The average Bonchev–Trinajstić information content (AvgIpc) is 2.62. The molecule has 0 saturated heterocycles. The maximum absolute atomic E-state index is 11.1. The van der Waals surface area contributed by atoms with Crippen molar-refractivity contribution in [3.8, 4) is 0 Å². The molecule has 0 saturated carbocycles. The number of hydrogen-bond donors (Lipinski definition) is 0. The molecule has 3 unspecified atom stereocenters. The Hall–Kier alpha value is -1.31. The molecule has 0 radical (unpaired) electrons. The van der Waals surface area contributed by atoms with E-state index in [9.17, 15) is 4.79 Å². The molecule has 0 aromatic carbocycles. The van der Waals surface area contributed by atoms with Crippen molar-refractivity contribution in [2.45, 2.75) is 18.9 Å². The summed E-state index contributed by atoms with van der Waals surface area (Å²) in [6, 6.07) is 0. The number of carbonyl (C=O) groups is 1. The van der Waals surface area contributed by atoms with Crippen molar-refractivity contribution in [1.82, 2.24) is 0 Å². The summed E-state index contributed by atoms with van der Waals surface area (Å²) in [5, 5.41) is 0. The third-order valence-electron chi connectivity index (χ3n) is 2.92. The highest BCUT2D eigenvalue weighted by atomic mass is 16.5. The molecule has 2 rings (SSSR count). The predicted octanol–water partition coefficient (Wildman–Crippen LogP) is 2.24. The molecule has 0 aliphatic heterocycles. The summed E-state index contributed by atoms with van der Waals surface area (Å²) < 4.78 is 5.25. The highest BCUT2D eigenvalue weighted by molar-refractivity contribution is 5.81. The number of rotatable bonds is 2. The van der Waals surface area contributed by atoms with Crippen molar-refractivity contribution < 1.29 is 9.53 Å². The van der Waals surface area contributed by atoms with Gasteiger partial charge in [-0.15, -0.1) is 0 Å². The van der Waals surface area contributed by atoms with Gasteiger partial charge < -0.3 is 4.74 Å². The minimum absolute atomic E-state index is 0.0459. The third-order valence-corrected chi connectivity index (χ3v) is 2.92. The molecule has 74 valence electrons. The molecule has 14 heavy (non-hydrogen) atoms. The summed E-state index contributed by atoms with van der Waals surface area (Å²) in [6.07, 6.45) is 11.8. The molecule has 0 aromatic rings. The van der Waals surface area contributed by atoms with Crippen LogP contribution in [-0.2, 0) is 9.53 Å². The van der Waals surface area contributed by atoms with E-state index < -0.39 is 0 Å². The molecule has 0 aromatic heterocycles. The number of carbonyl (C=O) groups excluding carboxylic acids is 1. The Bertz CT molecular complexity index is 301. The Morgan fingerprint density at radius 2 is 2.14 bits per heavy atom. The fourth-order valence-electron chi connectivity index (χ4n) is 2.16. The second kappa shape index (κ2) is 3.82. The first kappa shape index (κ1) is 9.25. The largest absolute Gasteiger partial charge is 0.455 e. The van der Waals surface area contributed by atoms with Crippen LogP contribution in [0.3, 0.4) is 0 Å². The standard InChI is InChI=1S/C12H14O2/c1-2-12(13)14-11-8-7-9-5-3-4-6-10(9)11/h2-4,7-11H,1,5-6H2. The molecule has 2 aliphatic rings. The number of fused-ring (bicyclic) bond motifs is 1. The summed E-state index contributed by atoms with van der Waals surface area (Å²) in [4.78, 5) is 11.1. The Morgan fingerprint density at radius 1 is 1.36 bits per heavy atom. The predicted molar refractivity (Wildman–Crippen MR) is 54.6 cm³/mol. The van der Waals surface area contributed by atoms with E-state index in [0.29, 0.717) is 11.8 Å². The minimum Gasteiger partial charge on any atom is -0.455 e. The normalized spacial score (nSPS) is 33.9. The molecule has 0 spiro atoms. The van der Waals surface area contributed by atoms with Crippen LogP contribution in [0.1, 0.15) is 12.8 Å². The van der Waals surface area contributed by atoms with E-state index in [1.807, 2.05) is 6.08 Å². The van der Waals surface area contributed by atoms with Gasteiger partial charge in [0.25, 0.3) is 0 Å². The first-order valence-corrected chi connectivity index (χ1v) is 4.97. The molecule has 0 fully saturated rings. The van der Waals surface area contributed by atoms with Crippen LogP contribution in [0.5, 0.6) is 0 Å². The average molecular weight is 190 g/mol. The van der Waals surface area contributed by atoms with Gasteiger partial charge in [-0.05, 0) is 24.8 Å². The number of ether oxygens (including phenoxy) is 1. The van der Waals surface area contributed by atoms with E-state index >= 15 is 0 Å². The molecular formula is C12H14O2. The zero-order chi connectivity index (χ0) is 9.97. The van der Waals surface area contributed by atoms with Crippen LogP contribution in [0.25, 0.3) is 0 Å². The van der Waals surface area contributed by atoms with Crippen molar-refractivity contribution in [3.05, 3.63) is 37.0 Å². The smallest absolute Gasteiger partial charge is 0.330 e. The van der Waals surface area contributed by atoms with E-state index in [4.69, 9.17) is 4.74 Å². The molecule has 2 nitrogen and oxygen atoms in total. The van der Waals surface area contributed by atoms with Gasteiger partial charge in [-0.1, -0.05) is 24.8 Å². The Kier molecular flexibility index (Phi) is 2.53. The molecule has 0 heterocycles. The molecule has 2 aliphatic carbocycles. The summed E-state index contributed by atoms with van der Waals surface area (Å²) in [5.74, 6) is 0.682. The Morgan fingerprint density at radius 3 is 2.93 bits per heavy atom. The lowest BCUT2D eigenvalue weighted by molar-refractivity contribution is -0.143. The van der Waals surface area contributed by atoms with E-state index in [1.165, 1.54) is 6.08 Å². The molecular weight excluding hydrogens is 176 g/mol. The van der Waals surface area contributed by atoms with Gasteiger partial charge in [-0.3, -0.25) is 0 Å². The second-order valence-electron chi connectivity index (χ2n) is 3.76. The summed E-state index contributed by atoms with van der Waals surface area (Å²) in [7, 11) is 0. The third kappa shape index (κ3) is 1.65. The van der Waals surface area contributed by atoms with Gasteiger partial charge in [0.05, 0.1) is 0 Å². The van der Waals surface area contributed by atoms with Crippen molar-refractivity contribution in [1.29, 1.82) is 0 Å². The fourth-order valence-corrected chi connectivity index (χ4v) is 2.16. The molecule has 0 N–H and O–H groups in total. The number of esters is 1. The number of hydrogen-bond acceptors (Lipinski definition) is 2. The monoisotopic (exact) mass is 190 g/mol. The van der Waals surface area contributed by atoms with Crippen LogP contribution in [0.2, 0.25) is 0 Å². The lowest BCUT2D eigenvalue weighted by atomic mass is 9.84. The molecule has 2 heteroatoms. The lowest BCUT2D eigenvalue weighted by Crippen LogP contribution is -2.26. The Balaban J connectivity index is 2.01. The maximum atomic E-state index is 11.1. The second-order valence-corrected chi connectivity index (χ2v) is 3.76. The van der Waals surface area contributed by atoms with Gasteiger partial charge in [0.2, 0.25) is 0 Å².